The van der Waals surface area contributed by atoms with Gasteiger partial charge < -0.3 is 9.47 Å². The molecular weight excluding hydrogens is 395 g/mol. The highest BCUT2D eigenvalue weighted by Crippen LogP contribution is 2.44. The first-order chi connectivity index (χ1) is 12.8. The first kappa shape index (κ1) is 17.7. The van der Waals surface area contributed by atoms with Crippen molar-refractivity contribution in [2.45, 2.75) is 16.2 Å². The van der Waals surface area contributed by atoms with Gasteiger partial charge in [0.2, 0.25) is 9.75 Å². The molecule has 2 aromatic rings. The molecule has 0 saturated heterocycles. The average molecular weight is 405 g/mol. The fourth-order valence-corrected chi connectivity index (χ4v) is 3.85. The normalized spacial score (nSPS) is 26.7. The Balaban J connectivity index is 1.77. The van der Waals surface area contributed by atoms with Crippen molar-refractivity contribution in [1.82, 2.24) is 0 Å². The van der Waals surface area contributed by atoms with E-state index in [1.54, 1.807) is 24.3 Å². The minimum Gasteiger partial charge on any atom is -0.424 e. The summed E-state index contributed by atoms with van der Waals surface area (Å²) in [6, 6.07) is 12.0. The highest BCUT2D eigenvalue weighted by molar-refractivity contribution is 6.54. The van der Waals surface area contributed by atoms with E-state index in [0.29, 0.717) is 0 Å². The van der Waals surface area contributed by atoms with Crippen LogP contribution >= 0.6 is 23.2 Å². The van der Waals surface area contributed by atoms with Gasteiger partial charge in [0.25, 0.3) is 0 Å². The molecule has 0 amide bonds. The monoisotopic (exact) mass is 404 g/mol. The van der Waals surface area contributed by atoms with Crippen LogP contribution in [0.5, 0.6) is 11.5 Å². The molecule has 2 aromatic carbocycles. The van der Waals surface area contributed by atoms with E-state index in [1.807, 2.05) is 0 Å². The number of Topliss-reactive ketones (excluding diaryl/α,β-unsaturated/α-hetero) is 2. The van der Waals surface area contributed by atoms with Gasteiger partial charge in [-0.2, -0.15) is 0 Å². The minimum atomic E-state index is -2.34. The quantitative estimate of drug-likeness (QED) is 0.331. The Bertz CT molecular complexity index is 951. The number of halogens is 2. The van der Waals surface area contributed by atoms with Crippen LogP contribution in [-0.2, 0) is 9.59 Å². The molecule has 2 unspecified atom stereocenters. The molecule has 136 valence electrons. The third-order valence-electron chi connectivity index (χ3n) is 4.52. The van der Waals surface area contributed by atoms with Gasteiger partial charge in [0.15, 0.2) is 11.6 Å². The van der Waals surface area contributed by atoms with Gasteiger partial charge in [-0.1, -0.05) is 47.5 Å². The third kappa shape index (κ3) is 2.48. The summed E-state index contributed by atoms with van der Waals surface area (Å²) in [5.41, 5.74) is 0.119. The molecule has 2 heterocycles. The van der Waals surface area contributed by atoms with Crippen LogP contribution in [0.1, 0.15) is 27.1 Å². The van der Waals surface area contributed by atoms with Crippen molar-refractivity contribution < 1.29 is 28.7 Å². The molecular formula is C19H10Cl2O6. The van der Waals surface area contributed by atoms with Crippen LogP contribution in [0, 0.1) is 0 Å². The lowest BCUT2D eigenvalue weighted by atomic mass is 9.81. The van der Waals surface area contributed by atoms with E-state index in [9.17, 15) is 19.2 Å². The minimum absolute atomic E-state index is 0.0512. The number of carbonyl (C=O) groups is 4. The molecule has 2 aliphatic heterocycles. The van der Waals surface area contributed by atoms with Crippen LogP contribution in [0.25, 0.3) is 0 Å². The SMILES string of the molecule is O=C1Oc2ccccc2C(=O)C1(Cl)CC1(Cl)C(=O)Oc2ccccc2C1=O. The maximum absolute atomic E-state index is 12.9. The Morgan fingerprint density at radius 2 is 1.04 bits per heavy atom. The summed E-state index contributed by atoms with van der Waals surface area (Å²) in [5, 5.41) is 0. The second-order valence-electron chi connectivity index (χ2n) is 6.21. The molecule has 27 heavy (non-hydrogen) atoms. The van der Waals surface area contributed by atoms with E-state index in [4.69, 9.17) is 32.7 Å². The van der Waals surface area contributed by atoms with Gasteiger partial charge in [-0.15, -0.1) is 0 Å². The van der Waals surface area contributed by atoms with E-state index in [2.05, 4.69) is 0 Å². The molecule has 2 aliphatic rings. The van der Waals surface area contributed by atoms with E-state index >= 15 is 0 Å². The molecule has 2 atom stereocenters. The summed E-state index contributed by atoms with van der Waals surface area (Å²) in [7, 11) is 0. The fourth-order valence-electron chi connectivity index (χ4n) is 3.10. The Morgan fingerprint density at radius 3 is 1.44 bits per heavy atom. The van der Waals surface area contributed by atoms with E-state index < -0.39 is 39.7 Å². The zero-order valence-electron chi connectivity index (χ0n) is 13.5. The predicted molar refractivity (Wildman–Crippen MR) is 94.6 cm³/mol. The number of hydrogen-bond donors (Lipinski definition) is 0. The molecule has 0 bridgehead atoms. The largest absolute Gasteiger partial charge is 0.424 e. The molecule has 0 saturated carbocycles. The smallest absolute Gasteiger partial charge is 0.340 e. The topological polar surface area (TPSA) is 86.7 Å². The maximum atomic E-state index is 12.9. The Hall–Kier alpha value is -2.70. The number of hydrogen-bond acceptors (Lipinski definition) is 6. The molecule has 4 rings (SSSR count). The van der Waals surface area contributed by atoms with Gasteiger partial charge in [-0.05, 0) is 24.3 Å². The van der Waals surface area contributed by atoms with Crippen LogP contribution in [-0.4, -0.2) is 33.3 Å². The van der Waals surface area contributed by atoms with Crippen molar-refractivity contribution in [1.29, 1.82) is 0 Å². The highest BCUT2D eigenvalue weighted by Gasteiger charge is 2.61. The standard InChI is InChI=1S/C19H10Cl2O6/c20-18(14(22)10-5-1-3-7-12(10)26-16(18)24)9-19(21)15(23)11-6-2-4-8-13(11)27-17(19)25/h1-8H,9H2. The zero-order valence-corrected chi connectivity index (χ0v) is 15.0. The average Bonchev–Trinajstić information content (AvgIpc) is 2.65. The Labute approximate surface area is 163 Å². The van der Waals surface area contributed by atoms with Crippen molar-refractivity contribution in [3.05, 3.63) is 59.7 Å². The number of carbonyl (C=O) groups excluding carboxylic acids is 4. The number of alkyl halides is 2. The first-order valence-electron chi connectivity index (χ1n) is 7.87. The second-order valence-corrected chi connectivity index (χ2v) is 7.50. The second kappa shape index (κ2) is 5.90. The summed E-state index contributed by atoms with van der Waals surface area (Å²) >= 11 is 12.6. The van der Waals surface area contributed by atoms with Crippen LogP contribution in [0.3, 0.4) is 0 Å². The summed E-state index contributed by atoms with van der Waals surface area (Å²) in [6.45, 7) is 0. The molecule has 0 radical (unpaired) electrons. The highest BCUT2D eigenvalue weighted by atomic mass is 35.5. The van der Waals surface area contributed by atoms with Gasteiger partial charge >= 0.3 is 11.9 Å². The van der Waals surface area contributed by atoms with Crippen LogP contribution in [0.15, 0.2) is 48.5 Å². The molecule has 8 heteroatoms. The number of fused-ring (bicyclic) bond motifs is 2. The summed E-state index contributed by atoms with van der Waals surface area (Å²) < 4.78 is 10.3. The lowest BCUT2D eigenvalue weighted by molar-refractivity contribution is -0.139. The van der Waals surface area contributed by atoms with Crippen molar-refractivity contribution in [3.63, 3.8) is 0 Å². The number of ketones is 2. The number of esters is 2. The Morgan fingerprint density at radius 1 is 0.667 bits per heavy atom. The summed E-state index contributed by atoms with van der Waals surface area (Å²) in [4.78, 5) is 46.0. The van der Waals surface area contributed by atoms with Gasteiger partial charge in [0, 0.05) is 6.42 Å². The van der Waals surface area contributed by atoms with E-state index in [1.165, 1.54) is 24.3 Å². The van der Waals surface area contributed by atoms with Crippen LogP contribution in [0.4, 0.5) is 0 Å². The lowest BCUT2D eigenvalue weighted by Crippen LogP contribution is -2.57. The van der Waals surface area contributed by atoms with Gasteiger partial charge in [0.1, 0.15) is 11.5 Å². The fraction of sp³-hybridized carbons (Fsp3) is 0.158. The lowest BCUT2D eigenvalue weighted by Gasteiger charge is -2.35. The molecule has 6 nitrogen and oxygen atoms in total. The number of para-hydroxylation sites is 2. The van der Waals surface area contributed by atoms with Crippen LogP contribution in [0.2, 0.25) is 0 Å². The summed E-state index contributed by atoms with van der Waals surface area (Å²) in [6.07, 6.45) is -0.804. The van der Waals surface area contributed by atoms with Gasteiger partial charge in [-0.25, -0.2) is 9.59 Å². The number of ether oxygens (including phenoxy) is 2. The maximum Gasteiger partial charge on any atom is 0.340 e. The molecule has 0 N–H and O–H groups in total. The van der Waals surface area contributed by atoms with Gasteiger partial charge in [-0.3, -0.25) is 9.59 Å². The first-order valence-corrected chi connectivity index (χ1v) is 8.63. The van der Waals surface area contributed by atoms with Gasteiger partial charge in [0.05, 0.1) is 11.1 Å². The van der Waals surface area contributed by atoms with Crippen molar-refractivity contribution >= 4 is 46.7 Å². The summed E-state index contributed by atoms with van der Waals surface area (Å²) in [5.74, 6) is -3.70. The van der Waals surface area contributed by atoms with Crippen LogP contribution < -0.4 is 9.47 Å². The van der Waals surface area contributed by atoms with E-state index in [0.717, 1.165) is 0 Å². The number of benzene rings is 2. The van der Waals surface area contributed by atoms with Crippen molar-refractivity contribution in [2.75, 3.05) is 0 Å². The number of rotatable bonds is 2. The Kier molecular flexibility index (Phi) is 3.87. The zero-order chi connectivity index (χ0) is 19.4. The predicted octanol–water partition coefficient (Wildman–Crippen LogP) is 2.94. The van der Waals surface area contributed by atoms with E-state index in [-0.39, 0.29) is 22.6 Å². The van der Waals surface area contributed by atoms with Crippen molar-refractivity contribution in [3.8, 4) is 11.5 Å². The van der Waals surface area contributed by atoms with Crippen molar-refractivity contribution in [2.24, 2.45) is 0 Å². The third-order valence-corrected chi connectivity index (χ3v) is 5.44. The molecule has 0 aromatic heterocycles. The molecule has 0 spiro atoms. The molecule has 0 aliphatic carbocycles. The molecule has 0 fully saturated rings.